The number of rotatable bonds is 6. The summed E-state index contributed by atoms with van der Waals surface area (Å²) in [5.74, 6) is 0. The fourth-order valence-electron chi connectivity index (χ4n) is 1.96. The average molecular weight is 246 g/mol. The first-order valence-corrected chi connectivity index (χ1v) is 9.40. The molecular weight excluding hydrogens is 224 g/mol. The molecule has 0 spiro atoms. The zero-order valence-electron chi connectivity index (χ0n) is 11.1. The lowest BCUT2D eigenvalue weighted by Gasteiger charge is -2.19. The van der Waals surface area contributed by atoms with Crippen molar-refractivity contribution in [3.8, 4) is 0 Å². The molecule has 0 fully saturated rings. The number of hydrogen-bond donors (Lipinski definition) is 0. The molecule has 0 aliphatic carbocycles. The van der Waals surface area contributed by atoms with Crippen molar-refractivity contribution in [1.29, 1.82) is 0 Å². The van der Waals surface area contributed by atoms with E-state index in [0.717, 1.165) is 31.1 Å². The van der Waals surface area contributed by atoms with Gasteiger partial charge < -0.3 is 0 Å². The van der Waals surface area contributed by atoms with Crippen LogP contribution in [0.25, 0.3) is 0 Å². The number of allylic oxidation sites excluding steroid dienone is 1. The van der Waals surface area contributed by atoms with Gasteiger partial charge in [-0.15, -0.1) is 0 Å². The van der Waals surface area contributed by atoms with Crippen molar-refractivity contribution in [2.24, 2.45) is 0 Å². The highest BCUT2D eigenvalue weighted by atomic mass is 28.3. The molecule has 0 aliphatic rings. The second-order valence-electron chi connectivity index (χ2n) is 5.03. The van der Waals surface area contributed by atoms with Crippen LogP contribution in [0.3, 0.4) is 0 Å². The van der Waals surface area contributed by atoms with E-state index in [1.165, 1.54) is 5.19 Å². The van der Waals surface area contributed by atoms with Crippen molar-refractivity contribution in [3.63, 3.8) is 0 Å². The Hall–Kier alpha value is -1.15. The van der Waals surface area contributed by atoms with Crippen molar-refractivity contribution in [3.05, 3.63) is 41.6 Å². The molecule has 0 aliphatic heterocycles. The fourth-order valence-corrected chi connectivity index (χ4v) is 4.32. The quantitative estimate of drug-likeness (QED) is 0.427. The van der Waals surface area contributed by atoms with Crippen LogP contribution in [0.5, 0.6) is 0 Å². The van der Waals surface area contributed by atoms with Crippen LogP contribution >= 0.6 is 0 Å². The van der Waals surface area contributed by atoms with E-state index >= 15 is 0 Å². The van der Waals surface area contributed by atoms with Crippen LogP contribution in [-0.2, 0) is 4.79 Å². The predicted molar refractivity (Wildman–Crippen MR) is 77.2 cm³/mol. The molecule has 0 saturated carbocycles. The average Bonchev–Trinajstić information content (AvgIpc) is 2.35. The SMILES string of the molecule is CCCCC(C=O)=C[Si](C)(C)c1ccccc1. The number of carbonyl (C=O) groups is 1. The third-order valence-corrected chi connectivity index (χ3v) is 5.95. The molecule has 0 atom stereocenters. The van der Waals surface area contributed by atoms with Crippen LogP contribution in [0.4, 0.5) is 0 Å². The lowest BCUT2D eigenvalue weighted by atomic mass is 10.1. The van der Waals surface area contributed by atoms with Gasteiger partial charge in [-0.05, 0) is 18.4 Å². The molecule has 0 N–H and O–H groups in total. The van der Waals surface area contributed by atoms with E-state index in [1.807, 2.05) is 6.07 Å². The van der Waals surface area contributed by atoms with E-state index in [-0.39, 0.29) is 0 Å². The van der Waals surface area contributed by atoms with Crippen LogP contribution in [0, 0.1) is 0 Å². The first-order chi connectivity index (χ1) is 8.10. The van der Waals surface area contributed by atoms with Crippen LogP contribution in [0.1, 0.15) is 26.2 Å². The lowest BCUT2D eigenvalue weighted by Crippen LogP contribution is -2.39. The van der Waals surface area contributed by atoms with Crippen molar-refractivity contribution in [2.75, 3.05) is 0 Å². The summed E-state index contributed by atoms with van der Waals surface area (Å²) in [6.07, 6.45) is 4.19. The first-order valence-electron chi connectivity index (χ1n) is 6.32. The topological polar surface area (TPSA) is 17.1 Å². The van der Waals surface area contributed by atoms with E-state index in [2.05, 4.69) is 50.0 Å². The van der Waals surface area contributed by atoms with E-state index < -0.39 is 8.07 Å². The summed E-state index contributed by atoms with van der Waals surface area (Å²) < 4.78 is 0. The molecule has 0 radical (unpaired) electrons. The molecule has 0 bridgehead atoms. The van der Waals surface area contributed by atoms with Gasteiger partial charge in [-0.1, -0.05) is 67.7 Å². The summed E-state index contributed by atoms with van der Waals surface area (Å²) in [6, 6.07) is 10.5. The molecule has 0 saturated heterocycles. The van der Waals surface area contributed by atoms with E-state index in [1.54, 1.807) is 0 Å². The normalized spacial score (nSPS) is 12.5. The van der Waals surface area contributed by atoms with Crippen LogP contribution < -0.4 is 5.19 Å². The molecule has 1 aromatic carbocycles. The second-order valence-corrected chi connectivity index (χ2v) is 9.34. The summed E-state index contributed by atoms with van der Waals surface area (Å²) in [6.45, 7) is 6.73. The molecule has 0 amide bonds. The minimum atomic E-state index is -1.61. The summed E-state index contributed by atoms with van der Waals surface area (Å²) >= 11 is 0. The number of unbranched alkanes of at least 4 members (excludes halogenated alkanes) is 1. The number of aldehydes is 1. The zero-order chi connectivity index (χ0) is 12.7. The van der Waals surface area contributed by atoms with Crippen molar-refractivity contribution in [2.45, 2.75) is 39.3 Å². The molecule has 0 aromatic heterocycles. The molecular formula is C15H22OSi. The maximum Gasteiger partial charge on any atom is 0.145 e. The molecule has 1 nitrogen and oxygen atoms in total. The van der Waals surface area contributed by atoms with Gasteiger partial charge in [0.05, 0.1) is 0 Å². The van der Waals surface area contributed by atoms with Gasteiger partial charge in [0.15, 0.2) is 0 Å². The van der Waals surface area contributed by atoms with Gasteiger partial charge in [-0.3, -0.25) is 4.79 Å². The van der Waals surface area contributed by atoms with Crippen molar-refractivity contribution >= 4 is 19.5 Å². The summed E-state index contributed by atoms with van der Waals surface area (Å²) in [4.78, 5) is 11.1. The standard InChI is InChI=1S/C15H22OSi/c1-4-5-9-14(12-16)13-17(2,3)15-10-7-6-8-11-15/h6-8,10-13H,4-5,9H2,1-3H3. The molecule has 1 aromatic rings. The number of hydrogen-bond acceptors (Lipinski definition) is 1. The van der Waals surface area contributed by atoms with Crippen LogP contribution in [-0.4, -0.2) is 14.4 Å². The Bertz CT molecular complexity index is 379. The van der Waals surface area contributed by atoms with Gasteiger partial charge in [0.1, 0.15) is 14.4 Å². The Kier molecular flexibility index (Phi) is 5.36. The summed E-state index contributed by atoms with van der Waals surface area (Å²) in [5.41, 5.74) is 3.22. The first kappa shape index (κ1) is 13.9. The van der Waals surface area contributed by atoms with E-state index in [4.69, 9.17) is 0 Å². The smallest absolute Gasteiger partial charge is 0.145 e. The highest BCUT2D eigenvalue weighted by Gasteiger charge is 2.20. The van der Waals surface area contributed by atoms with Gasteiger partial charge in [-0.2, -0.15) is 0 Å². The molecule has 1 rings (SSSR count). The highest BCUT2D eigenvalue weighted by molar-refractivity contribution is 6.94. The Balaban J connectivity index is 2.89. The minimum absolute atomic E-state index is 0.920. The van der Waals surface area contributed by atoms with E-state index in [9.17, 15) is 4.79 Å². The Morgan fingerprint density at radius 1 is 1.24 bits per heavy atom. The maximum absolute atomic E-state index is 11.1. The van der Waals surface area contributed by atoms with Gasteiger partial charge in [0, 0.05) is 0 Å². The zero-order valence-corrected chi connectivity index (χ0v) is 12.1. The molecule has 2 heteroatoms. The van der Waals surface area contributed by atoms with Crippen molar-refractivity contribution in [1.82, 2.24) is 0 Å². The lowest BCUT2D eigenvalue weighted by molar-refractivity contribution is -0.105. The van der Waals surface area contributed by atoms with Gasteiger partial charge in [0.25, 0.3) is 0 Å². The summed E-state index contributed by atoms with van der Waals surface area (Å²) in [5, 5.41) is 1.39. The van der Waals surface area contributed by atoms with Crippen LogP contribution in [0.2, 0.25) is 13.1 Å². The molecule has 92 valence electrons. The number of benzene rings is 1. The van der Waals surface area contributed by atoms with Crippen molar-refractivity contribution < 1.29 is 4.79 Å². The minimum Gasteiger partial charge on any atom is -0.298 e. The fraction of sp³-hybridized carbons (Fsp3) is 0.400. The Morgan fingerprint density at radius 3 is 2.41 bits per heavy atom. The van der Waals surface area contributed by atoms with Gasteiger partial charge in [0.2, 0.25) is 0 Å². The molecule has 0 unspecified atom stereocenters. The van der Waals surface area contributed by atoms with Gasteiger partial charge in [-0.25, -0.2) is 0 Å². The largest absolute Gasteiger partial charge is 0.298 e. The van der Waals surface area contributed by atoms with Gasteiger partial charge >= 0.3 is 0 Å². The maximum atomic E-state index is 11.1. The molecule has 17 heavy (non-hydrogen) atoms. The Labute approximate surface area is 106 Å². The van der Waals surface area contributed by atoms with Crippen LogP contribution in [0.15, 0.2) is 41.6 Å². The molecule has 0 heterocycles. The third-order valence-electron chi connectivity index (χ3n) is 3.03. The third kappa shape index (κ3) is 4.31. The Morgan fingerprint density at radius 2 is 1.88 bits per heavy atom. The highest BCUT2D eigenvalue weighted by Crippen LogP contribution is 2.12. The monoisotopic (exact) mass is 246 g/mol. The summed E-state index contributed by atoms with van der Waals surface area (Å²) in [7, 11) is -1.61. The number of carbonyl (C=O) groups excluding carboxylic acids is 1. The predicted octanol–water partition coefficient (Wildman–Crippen LogP) is 3.46. The second kappa shape index (κ2) is 6.55. The van der Waals surface area contributed by atoms with E-state index in [0.29, 0.717) is 0 Å².